The number of esters is 1. The van der Waals surface area contributed by atoms with Crippen molar-refractivity contribution < 1.29 is 22.7 Å². The minimum atomic E-state index is -4.87. The molecule has 0 spiro atoms. The third-order valence-corrected chi connectivity index (χ3v) is 6.61. The Balaban J connectivity index is 1.56. The Morgan fingerprint density at radius 2 is 1.85 bits per heavy atom. The molecule has 0 atom stereocenters. The van der Waals surface area contributed by atoms with Crippen LogP contribution in [0.1, 0.15) is 35.0 Å². The SMILES string of the molecule is CCOC(=O)c1cnn(-c2cccc(-c3cc(Cl)ccc3-c3ccc(C4=CCNCC4)cc3)n2)c1C(F)(F)F. The molecule has 2 aromatic carbocycles. The van der Waals surface area contributed by atoms with E-state index in [1.54, 1.807) is 24.3 Å². The molecule has 0 unspecified atom stereocenters. The molecule has 6 nitrogen and oxygen atoms in total. The first kappa shape index (κ1) is 26.6. The number of hydrogen-bond donors (Lipinski definition) is 1. The zero-order chi connectivity index (χ0) is 27.6. The largest absolute Gasteiger partial charge is 0.462 e. The van der Waals surface area contributed by atoms with Gasteiger partial charge in [-0.15, -0.1) is 0 Å². The molecule has 0 radical (unpaired) electrons. The first-order chi connectivity index (χ1) is 18.8. The van der Waals surface area contributed by atoms with Gasteiger partial charge in [-0.1, -0.05) is 54.1 Å². The van der Waals surface area contributed by atoms with Gasteiger partial charge in [0.05, 0.1) is 18.5 Å². The minimum absolute atomic E-state index is 0.0671. The zero-order valence-corrected chi connectivity index (χ0v) is 21.7. The number of benzene rings is 2. The number of carbonyl (C=O) groups is 1. The van der Waals surface area contributed by atoms with E-state index in [-0.39, 0.29) is 12.4 Å². The van der Waals surface area contributed by atoms with E-state index in [1.165, 1.54) is 18.6 Å². The Bertz CT molecular complexity index is 1550. The fraction of sp³-hybridized carbons (Fsp3) is 0.207. The summed E-state index contributed by atoms with van der Waals surface area (Å²) in [6, 6.07) is 18.2. The fourth-order valence-corrected chi connectivity index (χ4v) is 4.75. The number of nitrogens with zero attached hydrogens (tertiary/aromatic N) is 3. The van der Waals surface area contributed by atoms with Crippen molar-refractivity contribution in [1.29, 1.82) is 0 Å². The monoisotopic (exact) mass is 552 g/mol. The minimum Gasteiger partial charge on any atom is -0.462 e. The van der Waals surface area contributed by atoms with Gasteiger partial charge in [0.2, 0.25) is 0 Å². The van der Waals surface area contributed by atoms with Crippen molar-refractivity contribution in [2.24, 2.45) is 0 Å². The maximum Gasteiger partial charge on any atom is 0.434 e. The van der Waals surface area contributed by atoms with E-state index in [9.17, 15) is 18.0 Å². The van der Waals surface area contributed by atoms with Gasteiger partial charge in [0.1, 0.15) is 5.56 Å². The van der Waals surface area contributed by atoms with E-state index < -0.39 is 23.4 Å². The van der Waals surface area contributed by atoms with Crippen LogP contribution in [-0.4, -0.2) is 40.4 Å². The van der Waals surface area contributed by atoms with Gasteiger partial charge < -0.3 is 10.1 Å². The highest BCUT2D eigenvalue weighted by Gasteiger charge is 2.41. The molecule has 1 aliphatic heterocycles. The molecule has 0 amide bonds. The Kier molecular flexibility index (Phi) is 7.54. The van der Waals surface area contributed by atoms with Crippen molar-refractivity contribution in [3.63, 3.8) is 0 Å². The highest BCUT2D eigenvalue weighted by Crippen LogP contribution is 2.37. The topological polar surface area (TPSA) is 69.0 Å². The number of hydrogen-bond acceptors (Lipinski definition) is 5. The van der Waals surface area contributed by atoms with Gasteiger partial charge in [0.25, 0.3) is 0 Å². The van der Waals surface area contributed by atoms with Crippen LogP contribution in [0.15, 0.2) is 72.9 Å². The summed E-state index contributed by atoms with van der Waals surface area (Å²) in [6.45, 7) is 3.22. The third-order valence-electron chi connectivity index (χ3n) is 6.37. The van der Waals surface area contributed by atoms with E-state index in [4.69, 9.17) is 16.3 Å². The number of pyridine rings is 1. The summed E-state index contributed by atoms with van der Waals surface area (Å²) in [6.07, 6.45) is -0.893. The van der Waals surface area contributed by atoms with Gasteiger partial charge >= 0.3 is 12.1 Å². The number of halogens is 4. The second kappa shape index (κ2) is 11.0. The Morgan fingerprint density at radius 3 is 2.54 bits per heavy atom. The maximum absolute atomic E-state index is 14.0. The van der Waals surface area contributed by atoms with Gasteiger partial charge in [-0.25, -0.2) is 14.5 Å². The summed E-state index contributed by atoms with van der Waals surface area (Å²) in [5.41, 5.74) is 3.27. The Labute approximate surface area is 228 Å². The average Bonchev–Trinajstić information content (AvgIpc) is 3.41. The van der Waals surface area contributed by atoms with E-state index in [1.807, 2.05) is 18.2 Å². The summed E-state index contributed by atoms with van der Waals surface area (Å²) >= 11 is 6.33. The molecular weight excluding hydrogens is 529 g/mol. The van der Waals surface area contributed by atoms with Crippen molar-refractivity contribution in [1.82, 2.24) is 20.1 Å². The molecule has 0 bridgehead atoms. The average molecular weight is 553 g/mol. The number of carbonyl (C=O) groups excluding carboxylic acids is 1. The van der Waals surface area contributed by atoms with Crippen molar-refractivity contribution in [3.05, 3.63) is 94.8 Å². The molecule has 39 heavy (non-hydrogen) atoms. The third kappa shape index (κ3) is 5.60. The number of rotatable bonds is 6. The van der Waals surface area contributed by atoms with Crippen LogP contribution in [0.3, 0.4) is 0 Å². The first-order valence-electron chi connectivity index (χ1n) is 12.4. The molecule has 0 saturated heterocycles. The molecule has 10 heteroatoms. The van der Waals surface area contributed by atoms with Gasteiger partial charge in [0, 0.05) is 17.1 Å². The molecular formula is C29H24ClF3N4O2. The second-order valence-electron chi connectivity index (χ2n) is 8.87. The van der Waals surface area contributed by atoms with E-state index in [0.29, 0.717) is 21.0 Å². The maximum atomic E-state index is 14.0. The van der Waals surface area contributed by atoms with E-state index in [0.717, 1.165) is 42.4 Å². The van der Waals surface area contributed by atoms with Crippen LogP contribution in [0.2, 0.25) is 5.02 Å². The standard InChI is InChI=1S/C29H24ClF3N4O2/c1-2-39-28(38)24-17-35-37(27(24)29(31,32)33)26-5-3-4-25(36-26)23-16-21(30)10-11-22(23)20-8-6-18(7-9-20)19-12-14-34-15-13-19/h3-12,16-17,34H,2,13-15H2,1H3. The molecule has 4 aromatic rings. The van der Waals surface area contributed by atoms with Gasteiger partial charge in [0.15, 0.2) is 11.5 Å². The molecule has 0 saturated carbocycles. The lowest BCUT2D eigenvalue weighted by Gasteiger charge is -2.16. The van der Waals surface area contributed by atoms with Crippen LogP contribution in [-0.2, 0) is 10.9 Å². The predicted octanol–water partition coefficient (Wildman–Crippen LogP) is 6.83. The smallest absolute Gasteiger partial charge is 0.434 e. The van der Waals surface area contributed by atoms with Crippen molar-refractivity contribution in [3.8, 4) is 28.2 Å². The second-order valence-corrected chi connectivity index (χ2v) is 9.31. The Hall–Kier alpha value is -3.95. The normalized spacial score (nSPS) is 13.7. The molecule has 1 N–H and O–H groups in total. The fourth-order valence-electron chi connectivity index (χ4n) is 4.57. The number of aromatic nitrogens is 3. The van der Waals surface area contributed by atoms with Crippen LogP contribution in [0, 0.1) is 0 Å². The summed E-state index contributed by atoms with van der Waals surface area (Å²) in [5, 5.41) is 7.60. The number of ether oxygens (including phenoxy) is 1. The van der Waals surface area contributed by atoms with Gasteiger partial charge in [-0.3, -0.25) is 0 Å². The summed E-state index contributed by atoms with van der Waals surface area (Å²) in [5.74, 6) is -1.21. The van der Waals surface area contributed by atoms with Crippen molar-refractivity contribution in [2.75, 3.05) is 19.7 Å². The van der Waals surface area contributed by atoms with Crippen molar-refractivity contribution >= 4 is 23.1 Å². The number of nitrogens with one attached hydrogen (secondary N) is 1. The zero-order valence-electron chi connectivity index (χ0n) is 20.9. The molecule has 3 heterocycles. The van der Waals surface area contributed by atoms with Crippen LogP contribution in [0.4, 0.5) is 13.2 Å². The number of alkyl halides is 3. The van der Waals surface area contributed by atoms with Crippen LogP contribution in [0.5, 0.6) is 0 Å². The van der Waals surface area contributed by atoms with Gasteiger partial charge in [-0.05, 0) is 66.4 Å². The summed E-state index contributed by atoms with van der Waals surface area (Å²) in [4.78, 5) is 16.7. The molecule has 200 valence electrons. The Morgan fingerprint density at radius 1 is 1.08 bits per heavy atom. The highest BCUT2D eigenvalue weighted by molar-refractivity contribution is 6.31. The summed E-state index contributed by atoms with van der Waals surface area (Å²) in [7, 11) is 0. The van der Waals surface area contributed by atoms with E-state index >= 15 is 0 Å². The predicted molar refractivity (Wildman–Crippen MR) is 144 cm³/mol. The van der Waals surface area contributed by atoms with Crippen LogP contribution >= 0.6 is 11.6 Å². The molecule has 0 aliphatic carbocycles. The quantitative estimate of drug-likeness (QED) is 0.266. The molecule has 2 aromatic heterocycles. The lowest BCUT2D eigenvalue weighted by atomic mass is 9.94. The van der Waals surface area contributed by atoms with Crippen LogP contribution < -0.4 is 5.32 Å². The van der Waals surface area contributed by atoms with E-state index in [2.05, 4.69) is 33.6 Å². The first-order valence-corrected chi connectivity index (χ1v) is 12.7. The van der Waals surface area contributed by atoms with Crippen molar-refractivity contribution in [2.45, 2.75) is 19.5 Å². The lowest BCUT2D eigenvalue weighted by Crippen LogP contribution is -2.19. The lowest BCUT2D eigenvalue weighted by molar-refractivity contribution is -0.143. The molecule has 0 fully saturated rings. The van der Waals surface area contributed by atoms with Crippen LogP contribution in [0.25, 0.3) is 33.8 Å². The molecule has 1 aliphatic rings. The molecule has 5 rings (SSSR count). The van der Waals surface area contributed by atoms with Gasteiger partial charge in [-0.2, -0.15) is 18.3 Å². The summed E-state index contributed by atoms with van der Waals surface area (Å²) < 4.78 is 47.5. The highest BCUT2D eigenvalue weighted by atomic mass is 35.5.